The molecule has 114 valence electrons. The molecule has 0 atom stereocenters. The normalized spacial score (nSPS) is 10.7. The molecule has 0 bridgehead atoms. The molecule has 4 nitrogen and oxygen atoms in total. The van der Waals surface area contributed by atoms with E-state index in [4.69, 9.17) is 22.9 Å². The fourth-order valence-electron chi connectivity index (χ4n) is 1.52. The first-order valence-corrected chi connectivity index (χ1v) is 5.95. The van der Waals surface area contributed by atoms with Crippen LogP contribution in [0.2, 0.25) is 0 Å². The van der Waals surface area contributed by atoms with Crippen LogP contribution < -0.4 is 22.9 Å². The van der Waals surface area contributed by atoms with Crippen molar-refractivity contribution in [2.45, 2.75) is 13.1 Å². The zero-order valence-corrected chi connectivity index (χ0v) is 11.4. The predicted molar refractivity (Wildman–Crippen MR) is 80.3 cm³/mol. The highest BCUT2D eigenvalue weighted by Gasteiger charge is 2.32. The van der Waals surface area contributed by atoms with Crippen molar-refractivity contribution in [3.8, 4) is 0 Å². The van der Waals surface area contributed by atoms with E-state index in [-0.39, 0.29) is 11.4 Å². The van der Waals surface area contributed by atoms with Gasteiger partial charge < -0.3 is 22.9 Å². The molecule has 0 spiro atoms. The minimum atomic E-state index is -4.43. The Kier molecular flexibility index (Phi) is 4.91. The van der Waals surface area contributed by atoms with Gasteiger partial charge in [-0.05, 0) is 48.9 Å². The predicted octanol–water partition coefficient (Wildman–Crippen LogP) is 3.03. The van der Waals surface area contributed by atoms with Crippen molar-refractivity contribution in [2.75, 3.05) is 22.9 Å². The molecule has 0 saturated carbocycles. The third-order valence-electron chi connectivity index (χ3n) is 2.68. The zero-order chi connectivity index (χ0) is 16.2. The van der Waals surface area contributed by atoms with E-state index in [9.17, 15) is 13.2 Å². The van der Waals surface area contributed by atoms with Gasteiger partial charge in [-0.15, -0.1) is 0 Å². The Labute approximate surface area is 120 Å². The number of alkyl halides is 3. The number of rotatable bonds is 0. The first-order chi connectivity index (χ1) is 9.61. The van der Waals surface area contributed by atoms with E-state index in [1.807, 2.05) is 19.1 Å². The van der Waals surface area contributed by atoms with Crippen molar-refractivity contribution >= 4 is 22.7 Å². The molecule has 0 heterocycles. The quantitative estimate of drug-likeness (QED) is 0.561. The molecule has 0 aliphatic carbocycles. The van der Waals surface area contributed by atoms with Crippen LogP contribution in [-0.2, 0) is 6.18 Å². The molecule has 0 radical (unpaired) electrons. The average molecular weight is 298 g/mol. The van der Waals surface area contributed by atoms with Crippen molar-refractivity contribution in [3.05, 3.63) is 47.5 Å². The van der Waals surface area contributed by atoms with E-state index in [0.29, 0.717) is 0 Å². The molecule has 7 heteroatoms. The largest absolute Gasteiger partial charge is 0.418 e. The maximum absolute atomic E-state index is 12.1. The number of nitrogen functional groups attached to an aromatic ring is 4. The molecule has 0 aliphatic rings. The number of benzene rings is 2. The molecule has 0 amide bonds. The van der Waals surface area contributed by atoms with Crippen molar-refractivity contribution in [1.29, 1.82) is 0 Å². The van der Waals surface area contributed by atoms with Crippen LogP contribution >= 0.6 is 0 Å². The summed E-state index contributed by atoms with van der Waals surface area (Å²) in [7, 11) is 0. The van der Waals surface area contributed by atoms with E-state index in [1.165, 1.54) is 6.07 Å². The van der Waals surface area contributed by atoms with Gasteiger partial charge in [0.25, 0.3) is 0 Å². The Morgan fingerprint density at radius 1 is 0.762 bits per heavy atom. The zero-order valence-electron chi connectivity index (χ0n) is 11.4. The van der Waals surface area contributed by atoms with E-state index in [2.05, 4.69) is 0 Å². The molecule has 8 N–H and O–H groups in total. The Bertz CT molecular complexity index is 624. The molecule has 2 rings (SSSR count). The summed E-state index contributed by atoms with van der Waals surface area (Å²) < 4.78 is 36.3. The topological polar surface area (TPSA) is 104 Å². The lowest BCUT2D eigenvalue weighted by atomic mass is 10.1. The monoisotopic (exact) mass is 298 g/mol. The van der Waals surface area contributed by atoms with Crippen LogP contribution in [0.4, 0.5) is 35.9 Å². The highest BCUT2D eigenvalue weighted by atomic mass is 19.4. The summed E-state index contributed by atoms with van der Waals surface area (Å²) >= 11 is 0. The molecule has 0 fully saturated rings. The minimum Gasteiger partial charge on any atom is -0.399 e. The van der Waals surface area contributed by atoms with Crippen LogP contribution in [0.5, 0.6) is 0 Å². The van der Waals surface area contributed by atoms with Gasteiger partial charge in [0.15, 0.2) is 0 Å². The summed E-state index contributed by atoms with van der Waals surface area (Å²) in [6.45, 7) is 1.94. The van der Waals surface area contributed by atoms with Crippen LogP contribution in [0, 0.1) is 6.92 Å². The first kappa shape index (κ1) is 16.5. The van der Waals surface area contributed by atoms with Gasteiger partial charge in [0.1, 0.15) is 0 Å². The van der Waals surface area contributed by atoms with Crippen LogP contribution in [0.3, 0.4) is 0 Å². The lowest BCUT2D eigenvalue weighted by Crippen LogP contribution is -2.09. The number of hydrogen-bond acceptors (Lipinski definition) is 4. The second kappa shape index (κ2) is 6.25. The summed E-state index contributed by atoms with van der Waals surface area (Å²) in [5.74, 6) is 0. The maximum atomic E-state index is 12.1. The third kappa shape index (κ3) is 4.79. The van der Waals surface area contributed by atoms with Gasteiger partial charge >= 0.3 is 6.18 Å². The Hall–Kier alpha value is -2.57. The van der Waals surface area contributed by atoms with Gasteiger partial charge in [-0.25, -0.2) is 0 Å². The molecular formula is C14H17F3N4. The summed E-state index contributed by atoms with van der Waals surface area (Å²) in [5, 5.41) is 0. The Morgan fingerprint density at radius 3 is 1.62 bits per heavy atom. The van der Waals surface area contributed by atoms with Crippen LogP contribution in [-0.4, -0.2) is 0 Å². The highest BCUT2D eigenvalue weighted by molar-refractivity contribution is 5.56. The smallest absolute Gasteiger partial charge is 0.399 e. The standard InChI is InChI=1S/C7H7F3N2.C7H10N2/c8-7(9,10)5-3-4(11)1-2-6(5)12;1-5-4-6(8)2-3-7(5)9/h1-3H,11-12H2;2-4H,8-9H2,1H3. The van der Waals surface area contributed by atoms with Gasteiger partial charge in [-0.2, -0.15) is 13.2 Å². The lowest BCUT2D eigenvalue weighted by Gasteiger charge is -2.09. The number of halogens is 3. The lowest BCUT2D eigenvalue weighted by molar-refractivity contribution is -0.136. The molecular weight excluding hydrogens is 281 g/mol. The summed E-state index contributed by atoms with van der Waals surface area (Å²) in [5.41, 5.74) is 22.7. The molecule has 0 aliphatic heterocycles. The van der Waals surface area contributed by atoms with Crippen LogP contribution in [0.15, 0.2) is 36.4 Å². The van der Waals surface area contributed by atoms with E-state index in [1.54, 1.807) is 6.07 Å². The molecule has 2 aromatic rings. The summed E-state index contributed by atoms with van der Waals surface area (Å²) in [6, 6.07) is 8.74. The number of hydrogen-bond donors (Lipinski definition) is 4. The fraction of sp³-hybridized carbons (Fsp3) is 0.143. The van der Waals surface area contributed by atoms with E-state index >= 15 is 0 Å². The highest BCUT2D eigenvalue weighted by Crippen LogP contribution is 2.34. The second-order valence-electron chi connectivity index (χ2n) is 4.46. The molecule has 0 saturated heterocycles. The van der Waals surface area contributed by atoms with Gasteiger partial charge in [0.05, 0.1) is 5.56 Å². The van der Waals surface area contributed by atoms with Crippen LogP contribution in [0.1, 0.15) is 11.1 Å². The van der Waals surface area contributed by atoms with Crippen molar-refractivity contribution in [1.82, 2.24) is 0 Å². The maximum Gasteiger partial charge on any atom is 0.418 e. The van der Waals surface area contributed by atoms with Crippen molar-refractivity contribution < 1.29 is 13.2 Å². The fourth-order valence-corrected chi connectivity index (χ4v) is 1.52. The van der Waals surface area contributed by atoms with Gasteiger partial charge in [-0.1, -0.05) is 0 Å². The number of anilines is 4. The Morgan fingerprint density at radius 2 is 1.24 bits per heavy atom. The average Bonchev–Trinajstić information content (AvgIpc) is 2.37. The molecule has 0 aromatic heterocycles. The van der Waals surface area contributed by atoms with Gasteiger partial charge in [-0.3, -0.25) is 0 Å². The minimum absolute atomic E-state index is 0.0523. The molecule has 0 unspecified atom stereocenters. The molecule has 21 heavy (non-hydrogen) atoms. The molecule has 2 aromatic carbocycles. The van der Waals surface area contributed by atoms with Gasteiger partial charge in [0.2, 0.25) is 0 Å². The van der Waals surface area contributed by atoms with Crippen molar-refractivity contribution in [3.63, 3.8) is 0 Å². The van der Waals surface area contributed by atoms with Gasteiger partial charge in [0, 0.05) is 22.7 Å². The van der Waals surface area contributed by atoms with E-state index < -0.39 is 11.7 Å². The summed E-state index contributed by atoms with van der Waals surface area (Å²) in [4.78, 5) is 0. The SMILES string of the molecule is Cc1cc(N)ccc1N.Nc1ccc(N)c(C(F)(F)F)c1. The Balaban J connectivity index is 0.000000219. The number of nitrogens with two attached hydrogens (primary N) is 4. The second-order valence-corrected chi connectivity index (χ2v) is 4.46. The van der Waals surface area contributed by atoms with E-state index in [0.717, 1.165) is 29.1 Å². The third-order valence-corrected chi connectivity index (χ3v) is 2.68. The van der Waals surface area contributed by atoms with Crippen molar-refractivity contribution in [2.24, 2.45) is 0 Å². The van der Waals surface area contributed by atoms with Crippen LogP contribution in [0.25, 0.3) is 0 Å². The summed E-state index contributed by atoms with van der Waals surface area (Å²) in [6.07, 6.45) is -4.43. The first-order valence-electron chi connectivity index (χ1n) is 5.95. The number of aryl methyl sites for hydroxylation is 1.